The summed E-state index contributed by atoms with van der Waals surface area (Å²) in [6.45, 7) is 2.16. The van der Waals surface area contributed by atoms with Gasteiger partial charge in [0.2, 0.25) is 0 Å². The summed E-state index contributed by atoms with van der Waals surface area (Å²) in [5, 5.41) is 9.10. The fourth-order valence-electron chi connectivity index (χ4n) is 3.08. The largest absolute Gasteiger partial charge is 0.478 e. The first-order chi connectivity index (χ1) is 9.41. The molecule has 110 valence electrons. The number of aromatic carboxylic acids is 1. The smallest absolute Gasteiger partial charge is 0.337 e. The predicted molar refractivity (Wildman–Crippen MR) is 77.6 cm³/mol. The van der Waals surface area contributed by atoms with E-state index in [2.05, 4.69) is 6.92 Å². The third-order valence-corrected chi connectivity index (χ3v) is 4.29. The molecule has 0 bridgehead atoms. The maximum atomic E-state index is 14.1. The number of carboxylic acid groups (broad SMARTS) is 1. The van der Waals surface area contributed by atoms with Gasteiger partial charge in [-0.05, 0) is 30.9 Å². The Morgan fingerprint density at radius 3 is 2.65 bits per heavy atom. The number of benzene rings is 1. The third kappa shape index (κ3) is 2.71. The molecule has 4 nitrogen and oxygen atoms in total. The Bertz CT molecular complexity index is 519. The molecular formula is C15H21FN2O2. The van der Waals surface area contributed by atoms with Crippen LogP contribution in [-0.4, -0.2) is 24.2 Å². The van der Waals surface area contributed by atoms with Crippen molar-refractivity contribution in [1.82, 2.24) is 0 Å². The number of hydrogen-bond acceptors (Lipinski definition) is 3. The van der Waals surface area contributed by atoms with E-state index in [1.165, 1.54) is 12.5 Å². The highest BCUT2D eigenvalue weighted by atomic mass is 19.1. The van der Waals surface area contributed by atoms with Crippen molar-refractivity contribution in [1.29, 1.82) is 0 Å². The van der Waals surface area contributed by atoms with Gasteiger partial charge in [-0.15, -0.1) is 0 Å². The van der Waals surface area contributed by atoms with Crippen LogP contribution in [0.3, 0.4) is 0 Å². The molecule has 3 N–H and O–H groups in total. The summed E-state index contributed by atoms with van der Waals surface area (Å²) in [5.74, 6) is -1.12. The average Bonchev–Trinajstić information content (AvgIpc) is 2.38. The SMILES string of the molecule is CC1CCCCC1N(C)c1cc(C(=O)O)c(N)cc1F. The predicted octanol–water partition coefficient (Wildman–Crippen LogP) is 3.12. The molecule has 0 aromatic heterocycles. The summed E-state index contributed by atoms with van der Waals surface area (Å²) in [6, 6.07) is 2.68. The van der Waals surface area contributed by atoms with Gasteiger partial charge in [0.15, 0.2) is 0 Å². The van der Waals surface area contributed by atoms with Crippen LogP contribution < -0.4 is 10.6 Å². The summed E-state index contributed by atoms with van der Waals surface area (Å²) in [5.41, 5.74) is 5.79. The van der Waals surface area contributed by atoms with E-state index in [4.69, 9.17) is 10.8 Å². The molecule has 0 heterocycles. The van der Waals surface area contributed by atoms with Gasteiger partial charge in [-0.3, -0.25) is 0 Å². The van der Waals surface area contributed by atoms with Crippen LogP contribution in [0.1, 0.15) is 43.0 Å². The second kappa shape index (κ2) is 5.69. The maximum Gasteiger partial charge on any atom is 0.337 e. The van der Waals surface area contributed by atoms with Crippen LogP contribution in [0.5, 0.6) is 0 Å². The summed E-state index contributed by atoms with van der Waals surface area (Å²) < 4.78 is 14.1. The van der Waals surface area contributed by atoms with Gasteiger partial charge in [0.25, 0.3) is 0 Å². The van der Waals surface area contributed by atoms with E-state index in [0.29, 0.717) is 11.6 Å². The number of hydrogen-bond donors (Lipinski definition) is 2. The van der Waals surface area contributed by atoms with Crippen LogP contribution in [0.2, 0.25) is 0 Å². The molecule has 1 fully saturated rings. The second-order valence-corrected chi connectivity index (χ2v) is 5.64. The topological polar surface area (TPSA) is 66.6 Å². The molecule has 0 aliphatic heterocycles. The van der Waals surface area contributed by atoms with Gasteiger partial charge < -0.3 is 15.7 Å². The van der Waals surface area contributed by atoms with E-state index in [-0.39, 0.29) is 17.3 Å². The van der Waals surface area contributed by atoms with Crippen molar-refractivity contribution in [2.24, 2.45) is 5.92 Å². The molecule has 0 saturated heterocycles. The molecule has 2 rings (SSSR count). The number of halogens is 1. The van der Waals surface area contributed by atoms with Crippen molar-refractivity contribution >= 4 is 17.3 Å². The number of carbonyl (C=O) groups is 1. The first-order valence-corrected chi connectivity index (χ1v) is 6.97. The lowest BCUT2D eigenvalue weighted by molar-refractivity contribution is 0.0698. The Kier molecular flexibility index (Phi) is 4.16. The van der Waals surface area contributed by atoms with Crippen molar-refractivity contribution < 1.29 is 14.3 Å². The zero-order valence-electron chi connectivity index (χ0n) is 11.9. The van der Waals surface area contributed by atoms with Gasteiger partial charge in [-0.2, -0.15) is 0 Å². The lowest BCUT2D eigenvalue weighted by Crippen LogP contribution is -2.39. The molecule has 2 atom stereocenters. The van der Waals surface area contributed by atoms with E-state index in [9.17, 15) is 9.18 Å². The third-order valence-electron chi connectivity index (χ3n) is 4.29. The van der Waals surface area contributed by atoms with Crippen molar-refractivity contribution in [3.8, 4) is 0 Å². The van der Waals surface area contributed by atoms with Crippen molar-refractivity contribution in [3.05, 3.63) is 23.5 Å². The highest BCUT2D eigenvalue weighted by Crippen LogP contribution is 2.33. The number of carboxylic acids is 1. The molecule has 5 heteroatoms. The second-order valence-electron chi connectivity index (χ2n) is 5.64. The summed E-state index contributed by atoms with van der Waals surface area (Å²) in [4.78, 5) is 13.0. The van der Waals surface area contributed by atoms with E-state index in [0.717, 1.165) is 25.3 Å². The van der Waals surface area contributed by atoms with Gasteiger partial charge in [-0.1, -0.05) is 19.8 Å². The molecule has 0 radical (unpaired) electrons. The van der Waals surface area contributed by atoms with Crippen LogP contribution in [-0.2, 0) is 0 Å². The summed E-state index contributed by atoms with van der Waals surface area (Å²) >= 11 is 0. The Morgan fingerprint density at radius 2 is 2.05 bits per heavy atom. The molecule has 1 aliphatic carbocycles. The van der Waals surface area contributed by atoms with Crippen LogP contribution in [0, 0.1) is 11.7 Å². The number of nitrogen functional groups attached to an aromatic ring is 1. The number of rotatable bonds is 3. The van der Waals surface area contributed by atoms with Crippen molar-refractivity contribution in [2.75, 3.05) is 17.7 Å². The van der Waals surface area contributed by atoms with Gasteiger partial charge in [-0.25, -0.2) is 9.18 Å². The molecule has 2 unspecified atom stereocenters. The van der Waals surface area contributed by atoms with Crippen molar-refractivity contribution in [2.45, 2.75) is 38.6 Å². The number of anilines is 2. The Hall–Kier alpha value is -1.78. The fraction of sp³-hybridized carbons (Fsp3) is 0.533. The standard InChI is InChI=1S/C15H21FN2O2/c1-9-5-3-4-6-13(9)18(2)14-7-10(15(19)20)12(17)8-11(14)16/h7-9,13H,3-6,17H2,1-2H3,(H,19,20). The first-order valence-electron chi connectivity index (χ1n) is 6.97. The average molecular weight is 280 g/mol. The summed E-state index contributed by atoms with van der Waals surface area (Å²) in [6.07, 6.45) is 4.46. The monoisotopic (exact) mass is 280 g/mol. The van der Waals surface area contributed by atoms with Crippen LogP contribution >= 0.6 is 0 Å². The molecular weight excluding hydrogens is 259 g/mol. The van der Waals surface area contributed by atoms with Gasteiger partial charge in [0, 0.05) is 18.8 Å². The number of nitrogens with two attached hydrogens (primary N) is 1. The molecule has 1 aromatic rings. The molecule has 20 heavy (non-hydrogen) atoms. The van der Waals surface area contributed by atoms with E-state index in [1.54, 1.807) is 0 Å². The molecule has 1 aromatic carbocycles. The quantitative estimate of drug-likeness (QED) is 0.835. The number of nitrogens with zero attached hydrogens (tertiary/aromatic N) is 1. The van der Waals surface area contributed by atoms with E-state index < -0.39 is 11.8 Å². The molecule has 1 saturated carbocycles. The normalized spacial score (nSPS) is 22.6. The molecule has 0 amide bonds. The zero-order chi connectivity index (χ0) is 14.9. The van der Waals surface area contributed by atoms with Crippen LogP contribution in [0.15, 0.2) is 12.1 Å². The van der Waals surface area contributed by atoms with Gasteiger partial charge in [0.05, 0.1) is 11.3 Å². The highest BCUT2D eigenvalue weighted by molar-refractivity contribution is 5.95. The minimum Gasteiger partial charge on any atom is -0.478 e. The summed E-state index contributed by atoms with van der Waals surface area (Å²) in [7, 11) is 1.83. The van der Waals surface area contributed by atoms with Crippen LogP contribution in [0.4, 0.5) is 15.8 Å². The van der Waals surface area contributed by atoms with Gasteiger partial charge >= 0.3 is 5.97 Å². The van der Waals surface area contributed by atoms with Crippen LogP contribution in [0.25, 0.3) is 0 Å². The van der Waals surface area contributed by atoms with Gasteiger partial charge in [0.1, 0.15) is 5.82 Å². The highest BCUT2D eigenvalue weighted by Gasteiger charge is 2.27. The first kappa shape index (κ1) is 14.6. The fourth-order valence-corrected chi connectivity index (χ4v) is 3.08. The Balaban J connectivity index is 2.35. The molecule has 1 aliphatic rings. The Morgan fingerprint density at radius 1 is 1.40 bits per heavy atom. The van der Waals surface area contributed by atoms with Crippen molar-refractivity contribution in [3.63, 3.8) is 0 Å². The maximum absolute atomic E-state index is 14.1. The minimum atomic E-state index is -1.13. The minimum absolute atomic E-state index is 0.0381. The Labute approximate surface area is 118 Å². The lowest BCUT2D eigenvalue weighted by Gasteiger charge is -2.38. The van der Waals surface area contributed by atoms with E-state index in [1.807, 2.05) is 11.9 Å². The van der Waals surface area contributed by atoms with E-state index >= 15 is 0 Å². The zero-order valence-corrected chi connectivity index (χ0v) is 11.9. The molecule has 0 spiro atoms. The lowest BCUT2D eigenvalue weighted by atomic mass is 9.85.